The monoisotopic (exact) mass is 375 g/mol. The van der Waals surface area contributed by atoms with Gasteiger partial charge in [-0.25, -0.2) is 9.78 Å². The van der Waals surface area contributed by atoms with Gasteiger partial charge in [0.1, 0.15) is 12.4 Å². The molecule has 0 atom stereocenters. The predicted octanol–water partition coefficient (Wildman–Crippen LogP) is 4.81. The highest BCUT2D eigenvalue weighted by atomic mass is 16.5. The quantitative estimate of drug-likeness (QED) is 0.612. The van der Waals surface area contributed by atoms with Gasteiger partial charge in [0.25, 0.3) is 0 Å². The SMILES string of the molecule is O=C(O)c1ccc(COc2cccc(-c3ccc(OCC4CC4)nc3)c2)cc1. The van der Waals surface area contributed by atoms with E-state index in [1.807, 2.05) is 42.6 Å². The van der Waals surface area contributed by atoms with Crippen LogP contribution in [-0.4, -0.2) is 22.7 Å². The first kappa shape index (κ1) is 18.0. The maximum absolute atomic E-state index is 10.9. The van der Waals surface area contributed by atoms with Crippen molar-refractivity contribution in [3.8, 4) is 22.8 Å². The van der Waals surface area contributed by atoms with E-state index in [9.17, 15) is 4.79 Å². The highest BCUT2D eigenvalue weighted by Crippen LogP contribution is 2.30. The van der Waals surface area contributed by atoms with Crippen molar-refractivity contribution >= 4 is 5.97 Å². The second kappa shape index (κ2) is 8.13. The Morgan fingerprint density at radius 3 is 2.50 bits per heavy atom. The summed E-state index contributed by atoms with van der Waals surface area (Å²) in [5.74, 6) is 1.18. The van der Waals surface area contributed by atoms with Gasteiger partial charge in [-0.3, -0.25) is 0 Å². The number of benzene rings is 2. The van der Waals surface area contributed by atoms with Crippen LogP contribution in [0.25, 0.3) is 11.1 Å². The summed E-state index contributed by atoms with van der Waals surface area (Å²) in [6.07, 6.45) is 4.33. The van der Waals surface area contributed by atoms with Crippen molar-refractivity contribution in [1.82, 2.24) is 4.98 Å². The first-order valence-electron chi connectivity index (χ1n) is 9.32. The van der Waals surface area contributed by atoms with Crippen molar-refractivity contribution in [3.05, 3.63) is 78.0 Å². The molecule has 0 aliphatic heterocycles. The molecule has 1 aromatic heterocycles. The van der Waals surface area contributed by atoms with Gasteiger partial charge < -0.3 is 14.6 Å². The fourth-order valence-electron chi connectivity index (χ4n) is 2.80. The standard InChI is InChI=1S/C23H21NO4/c25-23(26)18-8-6-17(7-9-18)14-27-21-3-1-2-19(12-21)20-10-11-22(24-13-20)28-15-16-4-5-16/h1-3,6-13,16H,4-5,14-15H2,(H,25,26). The van der Waals surface area contributed by atoms with E-state index in [4.69, 9.17) is 14.6 Å². The highest BCUT2D eigenvalue weighted by molar-refractivity contribution is 5.87. The highest BCUT2D eigenvalue weighted by Gasteiger charge is 2.22. The minimum absolute atomic E-state index is 0.266. The largest absolute Gasteiger partial charge is 0.489 e. The summed E-state index contributed by atoms with van der Waals surface area (Å²) in [4.78, 5) is 15.3. The molecule has 0 saturated heterocycles. The van der Waals surface area contributed by atoms with E-state index in [0.717, 1.165) is 29.0 Å². The molecule has 1 aliphatic carbocycles. The summed E-state index contributed by atoms with van der Waals surface area (Å²) < 4.78 is 11.5. The predicted molar refractivity (Wildman–Crippen MR) is 106 cm³/mol. The van der Waals surface area contributed by atoms with Crippen LogP contribution in [0.3, 0.4) is 0 Å². The first-order valence-corrected chi connectivity index (χ1v) is 9.32. The van der Waals surface area contributed by atoms with Gasteiger partial charge in [-0.1, -0.05) is 24.3 Å². The Kier molecular flexibility index (Phi) is 5.24. The van der Waals surface area contributed by atoms with Crippen LogP contribution in [-0.2, 0) is 6.61 Å². The average Bonchev–Trinajstić information content (AvgIpc) is 3.56. The van der Waals surface area contributed by atoms with Gasteiger partial charge in [0, 0.05) is 17.8 Å². The molecule has 28 heavy (non-hydrogen) atoms. The number of pyridine rings is 1. The van der Waals surface area contributed by atoms with E-state index in [0.29, 0.717) is 18.4 Å². The maximum atomic E-state index is 10.9. The normalized spacial score (nSPS) is 13.1. The molecule has 3 aromatic rings. The molecule has 1 heterocycles. The van der Waals surface area contributed by atoms with Crippen molar-refractivity contribution in [2.75, 3.05) is 6.61 Å². The minimum Gasteiger partial charge on any atom is -0.489 e. The molecule has 142 valence electrons. The third-order valence-corrected chi connectivity index (χ3v) is 4.67. The lowest BCUT2D eigenvalue weighted by Gasteiger charge is -2.09. The zero-order valence-electron chi connectivity index (χ0n) is 15.4. The van der Waals surface area contributed by atoms with Crippen LogP contribution in [0.15, 0.2) is 66.9 Å². The van der Waals surface area contributed by atoms with Crippen LogP contribution in [0.2, 0.25) is 0 Å². The molecule has 1 saturated carbocycles. The van der Waals surface area contributed by atoms with Crippen LogP contribution >= 0.6 is 0 Å². The Bertz CT molecular complexity index is 947. The van der Waals surface area contributed by atoms with E-state index in [-0.39, 0.29) is 5.56 Å². The minimum atomic E-state index is -0.933. The van der Waals surface area contributed by atoms with Gasteiger partial charge in [0.15, 0.2) is 0 Å². The van der Waals surface area contributed by atoms with Crippen molar-refractivity contribution in [3.63, 3.8) is 0 Å². The van der Waals surface area contributed by atoms with Crippen LogP contribution in [0.1, 0.15) is 28.8 Å². The van der Waals surface area contributed by atoms with Gasteiger partial charge in [-0.05, 0) is 60.2 Å². The van der Waals surface area contributed by atoms with Gasteiger partial charge in [0.2, 0.25) is 5.88 Å². The van der Waals surface area contributed by atoms with Crippen LogP contribution in [0.4, 0.5) is 0 Å². The second-order valence-corrected chi connectivity index (χ2v) is 6.96. The summed E-state index contributed by atoms with van der Waals surface area (Å²) in [5, 5.41) is 8.95. The Morgan fingerprint density at radius 1 is 1.00 bits per heavy atom. The summed E-state index contributed by atoms with van der Waals surface area (Å²) in [6, 6.07) is 18.4. The second-order valence-electron chi connectivity index (χ2n) is 6.96. The van der Waals surface area contributed by atoms with E-state index in [2.05, 4.69) is 4.98 Å². The van der Waals surface area contributed by atoms with Crippen LogP contribution < -0.4 is 9.47 Å². The summed E-state index contributed by atoms with van der Waals surface area (Å²) in [5.41, 5.74) is 3.19. The number of carboxylic acid groups (broad SMARTS) is 1. The number of ether oxygens (including phenoxy) is 2. The number of hydrogen-bond acceptors (Lipinski definition) is 4. The molecule has 4 rings (SSSR count). The molecule has 1 N–H and O–H groups in total. The molecule has 1 fully saturated rings. The van der Waals surface area contributed by atoms with Crippen molar-refractivity contribution < 1.29 is 19.4 Å². The molecule has 0 unspecified atom stereocenters. The fraction of sp³-hybridized carbons (Fsp3) is 0.217. The van der Waals surface area contributed by atoms with E-state index in [1.165, 1.54) is 12.8 Å². The van der Waals surface area contributed by atoms with E-state index >= 15 is 0 Å². The third-order valence-electron chi connectivity index (χ3n) is 4.67. The summed E-state index contributed by atoms with van der Waals surface area (Å²) in [6.45, 7) is 1.12. The average molecular weight is 375 g/mol. The number of aromatic carboxylic acids is 1. The molecule has 1 aliphatic rings. The first-order chi connectivity index (χ1) is 13.7. The third kappa shape index (κ3) is 4.68. The molecule has 5 heteroatoms. The zero-order chi connectivity index (χ0) is 19.3. The Hall–Kier alpha value is -3.34. The van der Waals surface area contributed by atoms with Gasteiger partial charge in [-0.2, -0.15) is 0 Å². The van der Waals surface area contributed by atoms with Gasteiger partial charge >= 0.3 is 5.97 Å². The lowest BCUT2D eigenvalue weighted by atomic mass is 10.1. The Morgan fingerprint density at radius 2 is 1.82 bits per heavy atom. The molecule has 5 nitrogen and oxygen atoms in total. The lowest BCUT2D eigenvalue weighted by Crippen LogP contribution is -2.00. The molecule has 0 amide bonds. The fourth-order valence-corrected chi connectivity index (χ4v) is 2.80. The Labute approximate surface area is 163 Å². The number of carboxylic acids is 1. The molecule has 2 aromatic carbocycles. The van der Waals surface area contributed by atoms with Crippen molar-refractivity contribution in [1.29, 1.82) is 0 Å². The topological polar surface area (TPSA) is 68.7 Å². The van der Waals surface area contributed by atoms with Crippen LogP contribution in [0, 0.1) is 5.92 Å². The van der Waals surface area contributed by atoms with Gasteiger partial charge in [-0.15, -0.1) is 0 Å². The van der Waals surface area contributed by atoms with Gasteiger partial charge in [0.05, 0.1) is 12.2 Å². The number of carbonyl (C=O) groups is 1. The number of aromatic nitrogens is 1. The molecule has 0 bridgehead atoms. The van der Waals surface area contributed by atoms with Crippen LogP contribution in [0.5, 0.6) is 11.6 Å². The molecule has 0 spiro atoms. The summed E-state index contributed by atoms with van der Waals surface area (Å²) >= 11 is 0. The number of nitrogens with zero attached hydrogens (tertiary/aromatic N) is 1. The van der Waals surface area contributed by atoms with E-state index < -0.39 is 5.97 Å². The smallest absolute Gasteiger partial charge is 0.335 e. The zero-order valence-corrected chi connectivity index (χ0v) is 15.4. The lowest BCUT2D eigenvalue weighted by molar-refractivity contribution is 0.0697. The van der Waals surface area contributed by atoms with Crippen molar-refractivity contribution in [2.45, 2.75) is 19.4 Å². The van der Waals surface area contributed by atoms with Crippen molar-refractivity contribution in [2.24, 2.45) is 5.92 Å². The maximum Gasteiger partial charge on any atom is 0.335 e. The molecule has 0 radical (unpaired) electrons. The Balaban J connectivity index is 1.38. The van der Waals surface area contributed by atoms with E-state index in [1.54, 1.807) is 24.3 Å². The number of rotatable bonds is 8. The summed E-state index contributed by atoms with van der Waals surface area (Å²) in [7, 11) is 0. The number of hydrogen-bond donors (Lipinski definition) is 1. The molecular weight excluding hydrogens is 354 g/mol. The molecular formula is C23H21NO4.